The van der Waals surface area contributed by atoms with E-state index in [0.29, 0.717) is 5.56 Å². The lowest BCUT2D eigenvalue weighted by atomic mass is 10.2. The van der Waals surface area contributed by atoms with Crippen molar-refractivity contribution in [3.63, 3.8) is 0 Å². The Morgan fingerprint density at radius 3 is 2.67 bits per heavy atom. The number of nitrogens with one attached hydrogen (secondary N) is 1. The second-order valence-electron chi connectivity index (χ2n) is 2.32. The van der Waals surface area contributed by atoms with Crippen molar-refractivity contribution in [1.29, 1.82) is 0 Å². The van der Waals surface area contributed by atoms with Crippen LogP contribution in [0.4, 0.5) is 14.5 Å². The number of carbonyl (C=O) groups excluding carboxylic acids is 1. The SMILES string of the molecule is Cc1ccc(F)c(NC=O)c1F. The van der Waals surface area contributed by atoms with Gasteiger partial charge in [-0.25, -0.2) is 8.78 Å². The van der Waals surface area contributed by atoms with Gasteiger partial charge in [-0.15, -0.1) is 0 Å². The van der Waals surface area contributed by atoms with Crippen LogP contribution < -0.4 is 5.32 Å². The molecule has 1 rings (SSSR count). The zero-order valence-corrected chi connectivity index (χ0v) is 6.40. The first-order valence-corrected chi connectivity index (χ1v) is 3.31. The fraction of sp³-hybridized carbons (Fsp3) is 0.125. The number of anilines is 1. The number of aryl methyl sites for hydroxylation is 1. The zero-order chi connectivity index (χ0) is 9.14. The van der Waals surface area contributed by atoms with Crippen molar-refractivity contribution in [3.8, 4) is 0 Å². The van der Waals surface area contributed by atoms with Gasteiger partial charge in [-0.05, 0) is 18.6 Å². The van der Waals surface area contributed by atoms with E-state index in [1.165, 1.54) is 13.0 Å². The molecule has 0 spiro atoms. The third kappa shape index (κ3) is 1.42. The third-order valence-electron chi connectivity index (χ3n) is 1.49. The Morgan fingerprint density at radius 2 is 2.08 bits per heavy atom. The molecule has 4 heteroatoms. The Balaban J connectivity index is 3.22. The van der Waals surface area contributed by atoms with Gasteiger partial charge in [0, 0.05) is 0 Å². The maximum absolute atomic E-state index is 13.0. The van der Waals surface area contributed by atoms with Gasteiger partial charge in [0.25, 0.3) is 0 Å². The molecule has 0 fully saturated rings. The van der Waals surface area contributed by atoms with Crippen LogP contribution in [0, 0.1) is 18.6 Å². The van der Waals surface area contributed by atoms with E-state index < -0.39 is 17.3 Å². The molecule has 0 aromatic heterocycles. The first-order valence-electron chi connectivity index (χ1n) is 3.31. The highest BCUT2D eigenvalue weighted by Crippen LogP contribution is 2.20. The molecule has 0 aliphatic carbocycles. The molecule has 0 heterocycles. The number of amides is 1. The summed E-state index contributed by atoms with van der Waals surface area (Å²) in [4.78, 5) is 9.95. The van der Waals surface area contributed by atoms with Crippen molar-refractivity contribution in [2.45, 2.75) is 6.92 Å². The van der Waals surface area contributed by atoms with E-state index in [0.717, 1.165) is 6.07 Å². The lowest BCUT2D eigenvalue weighted by molar-refractivity contribution is -0.105. The van der Waals surface area contributed by atoms with Gasteiger partial charge in [0.1, 0.15) is 11.5 Å². The van der Waals surface area contributed by atoms with Crippen LogP contribution in [0.25, 0.3) is 0 Å². The van der Waals surface area contributed by atoms with E-state index >= 15 is 0 Å². The number of hydrogen-bond acceptors (Lipinski definition) is 1. The highest BCUT2D eigenvalue weighted by molar-refractivity contribution is 5.72. The monoisotopic (exact) mass is 171 g/mol. The van der Waals surface area contributed by atoms with Crippen molar-refractivity contribution in [2.24, 2.45) is 0 Å². The highest BCUT2D eigenvalue weighted by Gasteiger charge is 2.09. The zero-order valence-electron chi connectivity index (χ0n) is 6.40. The Morgan fingerprint density at radius 1 is 1.42 bits per heavy atom. The Labute approximate surface area is 68.2 Å². The molecule has 0 saturated heterocycles. The first-order chi connectivity index (χ1) is 5.66. The first kappa shape index (κ1) is 8.64. The largest absolute Gasteiger partial charge is 0.324 e. The van der Waals surface area contributed by atoms with E-state index in [1.807, 2.05) is 5.32 Å². The molecule has 2 nitrogen and oxygen atoms in total. The van der Waals surface area contributed by atoms with Crippen molar-refractivity contribution < 1.29 is 13.6 Å². The predicted molar refractivity (Wildman–Crippen MR) is 40.8 cm³/mol. The van der Waals surface area contributed by atoms with Gasteiger partial charge >= 0.3 is 0 Å². The third-order valence-corrected chi connectivity index (χ3v) is 1.49. The number of carbonyl (C=O) groups is 1. The van der Waals surface area contributed by atoms with Crippen LogP contribution in [-0.2, 0) is 4.79 Å². The fourth-order valence-electron chi connectivity index (χ4n) is 0.848. The van der Waals surface area contributed by atoms with E-state index in [-0.39, 0.29) is 6.41 Å². The summed E-state index contributed by atoms with van der Waals surface area (Å²) in [5, 5.41) is 1.95. The van der Waals surface area contributed by atoms with E-state index in [9.17, 15) is 13.6 Å². The van der Waals surface area contributed by atoms with Gasteiger partial charge in [0.15, 0.2) is 5.82 Å². The number of halogens is 2. The quantitative estimate of drug-likeness (QED) is 0.676. The Kier molecular flexibility index (Phi) is 2.38. The van der Waals surface area contributed by atoms with Gasteiger partial charge in [-0.3, -0.25) is 4.79 Å². The highest BCUT2D eigenvalue weighted by atomic mass is 19.1. The van der Waals surface area contributed by atoms with Gasteiger partial charge in [0.2, 0.25) is 6.41 Å². The van der Waals surface area contributed by atoms with Crippen LogP contribution >= 0.6 is 0 Å². The van der Waals surface area contributed by atoms with E-state index in [4.69, 9.17) is 0 Å². The average Bonchev–Trinajstić information content (AvgIpc) is 2.06. The number of benzene rings is 1. The minimum atomic E-state index is -0.773. The minimum absolute atomic E-state index is 0.237. The topological polar surface area (TPSA) is 29.1 Å². The fourth-order valence-corrected chi connectivity index (χ4v) is 0.848. The summed E-state index contributed by atoms with van der Waals surface area (Å²) in [5.41, 5.74) is -0.106. The molecular formula is C8H7F2NO. The Bertz CT molecular complexity index is 312. The molecular weight excluding hydrogens is 164 g/mol. The smallest absolute Gasteiger partial charge is 0.211 e. The molecule has 1 aromatic carbocycles. The lowest BCUT2D eigenvalue weighted by Crippen LogP contribution is -2.01. The summed E-state index contributed by atoms with van der Waals surface area (Å²) in [6.45, 7) is 1.49. The second kappa shape index (κ2) is 3.30. The molecule has 0 atom stereocenters. The summed E-state index contributed by atoms with van der Waals surface area (Å²) in [7, 11) is 0. The molecule has 0 radical (unpaired) electrons. The standard InChI is InChI=1S/C8H7F2NO/c1-5-2-3-6(9)8(7(5)10)11-4-12/h2-4H,1H3,(H,11,12). The minimum Gasteiger partial charge on any atom is -0.324 e. The van der Waals surface area contributed by atoms with Crippen LogP contribution in [0.1, 0.15) is 5.56 Å². The van der Waals surface area contributed by atoms with Crippen molar-refractivity contribution in [2.75, 3.05) is 5.32 Å². The maximum Gasteiger partial charge on any atom is 0.211 e. The average molecular weight is 171 g/mol. The number of rotatable bonds is 2. The summed E-state index contributed by atoms with van der Waals surface area (Å²) >= 11 is 0. The lowest BCUT2D eigenvalue weighted by Gasteiger charge is -2.04. The molecule has 0 aliphatic heterocycles. The molecule has 0 bridgehead atoms. The van der Waals surface area contributed by atoms with Crippen LogP contribution in [-0.4, -0.2) is 6.41 Å². The molecule has 64 valence electrons. The van der Waals surface area contributed by atoms with E-state index in [1.54, 1.807) is 0 Å². The molecule has 12 heavy (non-hydrogen) atoms. The molecule has 1 N–H and O–H groups in total. The normalized spacial score (nSPS) is 9.58. The molecule has 0 aliphatic rings. The molecule has 1 amide bonds. The number of hydrogen-bond donors (Lipinski definition) is 1. The summed E-state index contributed by atoms with van der Waals surface area (Å²) in [6.07, 6.45) is 0.237. The predicted octanol–water partition coefficient (Wildman–Crippen LogP) is 1.84. The van der Waals surface area contributed by atoms with Gasteiger partial charge in [-0.1, -0.05) is 6.07 Å². The summed E-state index contributed by atoms with van der Waals surface area (Å²) < 4.78 is 25.7. The summed E-state index contributed by atoms with van der Waals surface area (Å²) in [6, 6.07) is 2.41. The molecule has 1 aromatic rings. The van der Waals surface area contributed by atoms with E-state index in [2.05, 4.69) is 0 Å². The summed E-state index contributed by atoms with van der Waals surface area (Å²) in [5.74, 6) is -1.51. The van der Waals surface area contributed by atoms with Crippen molar-refractivity contribution in [3.05, 3.63) is 29.3 Å². The van der Waals surface area contributed by atoms with Crippen LogP contribution in [0.3, 0.4) is 0 Å². The van der Waals surface area contributed by atoms with Crippen LogP contribution in [0.15, 0.2) is 12.1 Å². The van der Waals surface area contributed by atoms with Crippen LogP contribution in [0.5, 0.6) is 0 Å². The van der Waals surface area contributed by atoms with Crippen molar-refractivity contribution in [1.82, 2.24) is 0 Å². The van der Waals surface area contributed by atoms with Gasteiger partial charge in [-0.2, -0.15) is 0 Å². The maximum atomic E-state index is 13.0. The van der Waals surface area contributed by atoms with Gasteiger partial charge in [0.05, 0.1) is 0 Å². The molecule has 0 unspecified atom stereocenters. The molecule has 0 saturated carbocycles. The van der Waals surface area contributed by atoms with Gasteiger partial charge < -0.3 is 5.32 Å². The van der Waals surface area contributed by atoms with Crippen molar-refractivity contribution >= 4 is 12.1 Å². The van der Waals surface area contributed by atoms with Crippen LogP contribution in [0.2, 0.25) is 0 Å². The Hall–Kier alpha value is -1.45. The second-order valence-corrected chi connectivity index (χ2v) is 2.32.